The van der Waals surface area contributed by atoms with Crippen LogP contribution in [0.2, 0.25) is 0 Å². The van der Waals surface area contributed by atoms with Crippen LogP contribution in [0.1, 0.15) is 37.7 Å². The summed E-state index contributed by atoms with van der Waals surface area (Å²) in [6, 6.07) is 4.47. The molecule has 1 aromatic carbocycles. The van der Waals surface area contributed by atoms with Crippen molar-refractivity contribution < 1.29 is 13.2 Å². The molecule has 0 unspecified atom stereocenters. The van der Waals surface area contributed by atoms with Gasteiger partial charge >= 0.3 is 6.03 Å². The van der Waals surface area contributed by atoms with Crippen LogP contribution in [0.5, 0.6) is 0 Å². The van der Waals surface area contributed by atoms with E-state index >= 15 is 0 Å². The summed E-state index contributed by atoms with van der Waals surface area (Å²) in [6.45, 7) is 1.16. The molecule has 0 spiro atoms. The molecule has 0 saturated heterocycles. The van der Waals surface area contributed by atoms with Crippen molar-refractivity contribution in [1.82, 2.24) is 4.90 Å². The Hall–Kier alpha value is -1.60. The number of urea groups is 1. The summed E-state index contributed by atoms with van der Waals surface area (Å²) in [6.07, 6.45) is 6.06. The molecule has 1 aliphatic carbocycles. The number of primary sulfonamides is 1. The number of carbonyl (C=O) groups excluding carboxylic acids is 1. The molecule has 0 aromatic heterocycles. The molecule has 1 heterocycles. The van der Waals surface area contributed by atoms with E-state index in [2.05, 4.69) is 5.32 Å². The number of hydrogen-bond acceptors (Lipinski definition) is 3. The Labute approximate surface area is 130 Å². The van der Waals surface area contributed by atoms with Gasteiger partial charge in [-0.3, -0.25) is 0 Å². The molecule has 1 fully saturated rings. The lowest BCUT2D eigenvalue weighted by Gasteiger charge is -2.33. The lowest BCUT2D eigenvalue weighted by atomic mass is 9.89. The molecular formula is C15H21N3O3S. The van der Waals surface area contributed by atoms with Crippen LogP contribution in [-0.2, 0) is 16.6 Å². The topological polar surface area (TPSA) is 92.5 Å². The Morgan fingerprint density at radius 3 is 2.64 bits per heavy atom. The van der Waals surface area contributed by atoms with Gasteiger partial charge in [0.25, 0.3) is 0 Å². The number of rotatable bonds is 3. The maximum absolute atomic E-state index is 12.2. The van der Waals surface area contributed by atoms with Gasteiger partial charge in [-0.1, -0.05) is 19.3 Å². The molecule has 7 heteroatoms. The van der Waals surface area contributed by atoms with Gasteiger partial charge in [-0.2, -0.15) is 0 Å². The zero-order valence-electron chi connectivity index (χ0n) is 12.4. The summed E-state index contributed by atoms with van der Waals surface area (Å²) in [5.41, 5.74) is 1.46. The van der Waals surface area contributed by atoms with Crippen LogP contribution < -0.4 is 10.5 Å². The zero-order chi connectivity index (χ0) is 15.7. The monoisotopic (exact) mass is 323 g/mol. The summed E-state index contributed by atoms with van der Waals surface area (Å²) in [4.78, 5) is 14.0. The van der Waals surface area contributed by atoms with Gasteiger partial charge in [0.1, 0.15) is 0 Å². The molecule has 2 amide bonds. The van der Waals surface area contributed by atoms with E-state index in [0.29, 0.717) is 18.2 Å². The third-order valence-electron chi connectivity index (χ3n) is 4.50. The van der Waals surface area contributed by atoms with Crippen LogP contribution in [0.4, 0.5) is 10.5 Å². The highest BCUT2D eigenvalue weighted by Gasteiger charge is 2.26. The van der Waals surface area contributed by atoms with Gasteiger partial charge in [-0.25, -0.2) is 18.4 Å². The molecule has 0 bridgehead atoms. The zero-order valence-corrected chi connectivity index (χ0v) is 13.2. The van der Waals surface area contributed by atoms with E-state index in [1.807, 2.05) is 0 Å². The molecule has 3 rings (SSSR count). The van der Waals surface area contributed by atoms with Crippen molar-refractivity contribution in [3.63, 3.8) is 0 Å². The Kier molecular flexibility index (Phi) is 4.10. The van der Waals surface area contributed by atoms with Crippen molar-refractivity contribution in [1.29, 1.82) is 0 Å². The fourth-order valence-electron chi connectivity index (χ4n) is 3.30. The Morgan fingerprint density at radius 1 is 1.23 bits per heavy atom. The standard InChI is InChI=1S/C15H21N3O3S/c16-22(20,21)13-6-7-14-12(8-13)10-18(15(19)17-14)9-11-4-2-1-3-5-11/h6-8,11H,1-5,9-10H2,(H,17,19)(H2,16,20,21). The lowest BCUT2D eigenvalue weighted by Crippen LogP contribution is -2.41. The van der Waals surface area contributed by atoms with Crippen LogP contribution in [-0.4, -0.2) is 25.9 Å². The van der Waals surface area contributed by atoms with Crippen molar-refractivity contribution in [3.8, 4) is 0 Å². The molecular weight excluding hydrogens is 302 g/mol. The molecule has 0 radical (unpaired) electrons. The molecule has 1 saturated carbocycles. The summed E-state index contributed by atoms with van der Waals surface area (Å²) in [5, 5.41) is 8.00. The lowest BCUT2D eigenvalue weighted by molar-refractivity contribution is 0.184. The van der Waals surface area contributed by atoms with E-state index in [4.69, 9.17) is 5.14 Å². The van der Waals surface area contributed by atoms with E-state index in [9.17, 15) is 13.2 Å². The first-order valence-corrected chi connectivity index (χ1v) is 9.20. The molecule has 22 heavy (non-hydrogen) atoms. The fourth-order valence-corrected chi connectivity index (χ4v) is 3.86. The smallest absolute Gasteiger partial charge is 0.320 e. The molecule has 120 valence electrons. The number of nitrogens with two attached hydrogens (primary N) is 1. The number of anilines is 1. The molecule has 2 aliphatic rings. The van der Waals surface area contributed by atoms with Gasteiger partial charge in [0.05, 0.1) is 4.90 Å². The highest BCUT2D eigenvalue weighted by molar-refractivity contribution is 7.89. The predicted octanol–water partition coefficient (Wildman–Crippen LogP) is 2.26. The number of hydrogen-bond donors (Lipinski definition) is 2. The van der Waals surface area contributed by atoms with Gasteiger partial charge < -0.3 is 10.2 Å². The van der Waals surface area contributed by atoms with Crippen LogP contribution in [0.15, 0.2) is 23.1 Å². The predicted molar refractivity (Wildman–Crippen MR) is 83.8 cm³/mol. The average Bonchev–Trinajstić information content (AvgIpc) is 2.47. The number of amides is 2. The first-order valence-electron chi connectivity index (χ1n) is 7.65. The van der Waals surface area contributed by atoms with Gasteiger partial charge in [-0.15, -0.1) is 0 Å². The fraction of sp³-hybridized carbons (Fsp3) is 0.533. The van der Waals surface area contributed by atoms with E-state index in [1.54, 1.807) is 17.0 Å². The Bertz CT molecular complexity index is 681. The van der Waals surface area contributed by atoms with Crippen molar-refractivity contribution >= 4 is 21.7 Å². The maximum atomic E-state index is 12.2. The minimum atomic E-state index is -3.73. The number of sulfonamides is 1. The second kappa shape index (κ2) is 5.89. The van der Waals surface area contributed by atoms with Crippen molar-refractivity contribution in [2.24, 2.45) is 11.1 Å². The minimum Gasteiger partial charge on any atom is -0.320 e. The van der Waals surface area contributed by atoms with Crippen LogP contribution in [0.3, 0.4) is 0 Å². The Morgan fingerprint density at radius 2 is 1.95 bits per heavy atom. The summed E-state index contributed by atoms with van der Waals surface area (Å²) in [7, 11) is -3.73. The molecule has 3 N–H and O–H groups in total. The summed E-state index contributed by atoms with van der Waals surface area (Å²) >= 11 is 0. The van der Waals surface area contributed by atoms with Crippen molar-refractivity contribution in [2.45, 2.75) is 43.5 Å². The van der Waals surface area contributed by atoms with E-state index in [0.717, 1.165) is 24.9 Å². The van der Waals surface area contributed by atoms with Crippen molar-refractivity contribution in [3.05, 3.63) is 23.8 Å². The highest BCUT2D eigenvalue weighted by Crippen LogP contribution is 2.29. The van der Waals surface area contributed by atoms with E-state index < -0.39 is 10.0 Å². The maximum Gasteiger partial charge on any atom is 0.322 e. The first-order chi connectivity index (χ1) is 10.4. The SMILES string of the molecule is NS(=O)(=O)c1ccc2c(c1)CN(CC1CCCCC1)C(=O)N2. The largest absolute Gasteiger partial charge is 0.322 e. The second-order valence-corrected chi connectivity index (χ2v) is 7.74. The van der Waals surface area contributed by atoms with Crippen LogP contribution >= 0.6 is 0 Å². The van der Waals surface area contributed by atoms with E-state index in [1.165, 1.54) is 25.3 Å². The first kappa shape index (κ1) is 15.3. The molecule has 0 atom stereocenters. The number of nitrogens with zero attached hydrogens (tertiary/aromatic N) is 1. The van der Waals surface area contributed by atoms with Gasteiger partial charge in [0.2, 0.25) is 10.0 Å². The average molecular weight is 323 g/mol. The normalized spacial score (nSPS) is 19.7. The minimum absolute atomic E-state index is 0.0833. The number of carbonyl (C=O) groups is 1. The highest BCUT2D eigenvalue weighted by atomic mass is 32.2. The van der Waals surface area contributed by atoms with Gasteiger partial charge in [0.15, 0.2) is 0 Å². The second-order valence-electron chi connectivity index (χ2n) is 6.18. The van der Waals surface area contributed by atoms with Crippen LogP contribution in [0.25, 0.3) is 0 Å². The third-order valence-corrected chi connectivity index (χ3v) is 5.41. The Balaban J connectivity index is 1.79. The van der Waals surface area contributed by atoms with Crippen molar-refractivity contribution in [2.75, 3.05) is 11.9 Å². The molecule has 1 aliphatic heterocycles. The number of fused-ring (bicyclic) bond motifs is 1. The van der Waals surface area contributed by atoms with Gasteiger partial charge in [0, 0.05) is 18.8 Å². The van der Waals surface area contributed by atoms with Gasteiger partial charge in [-0.05, 0) is 42.5 Å². The molecule has 1 aromatic rings. The summed E-state index contributed by atoms with van der Waals surface area (Å²) in [5.74, 6) is 0.544. The van der Waals surface area contributed by atoms with E-state index in [-0.39, 0.29) is 10.9 Å². The molecule has 6 nitrogen and oxygen atoms in total. The quantitative estimate of drug-likeness (QED) is 0.893. The number of benzene rings is 1. The number of nitrogens with one attached hydrogen (secondary N) is 1. The van der Waals surface area contributed by atoms with Crippen LogP contribution in [0, 0.1) is 5.92 Å². The third kappa shape index (κ3) is 3.25. The summed E-state index contributed by atoms with van der Waals surface area (Å²) < 4.78 is 22.9.